The molecule has 2 atom stereocenters. The third-order valence-electron chi connectivity index (χ3n) is 6.44. The van der Waals surface area contributed by atoms with Gasteiger partial charge in [-0.25, -0.2) is 0 Å². The number of rotatable bonds is 5. The fourth-order valence-electron chi connectivity index (χ4n) is 4.69. The summed E-state index contributed by atoms with van der Waals surface area (Å²) in [7, 11) is 0. The van der Waals surface area contributed by atoms with E-state index in [9.17, 15) is 14.4 Å². The molecule has 7 nitrogen and oxygen atoms in total. The number of hydrogen-bond acceptors (Lipinski definition) is 5. The standard InChI is InChI=1S/C22H27N3O4/c26-20(23-15-8-9-15)14-4-2-10-24(12-14)18-7-1-6-17-19(18)22(28)25(21(17)27)13-16-5-3-11-29-16/h1,6-7,14-16H,2-5,8-13H2,(H,23,26). The molecule has 0 spiro atoms. The van der Waals surface area contributed by atoms with Crippen molar-refractivity contribution in [1.29, 1.82) is 0 Å². The van der Waals surface area contributed by atoms with Crippen LogP contribution in [0.4, 0.5) is 5.69 Å². The maximum absolute atomic E-state index is 13.2. The lowest BCUT2D eigenvalue weighted by Crippen LogP contribution is -2.44. The van der Waals surface area contributed by atoms with Gasteiger partial charge < -0.3 is 15.0 Å². The molecule has 29 heavy (non-hydrogen) atoms. The molecule has 1 aromatic carbocycles. The molecule has 4 aliphatic rings. The van der Waals surface area contributed by atoms with Crippen molar-refractivity contribution in [2.45, 2.75) is 50.7 Å². The van der Waals surface area contributed by atoms with Crippen molar-refractivity contribution in [3.8, 4) is 0 Å². The summed E-state index contributed by atoms with van der Waals surface area (Å²) in [6.45, 7) is 2.38. The molecule has 154 valence electrons. The highest BCUT2D eigenvalue weighted by Crippen LogP contribution is 2.35. The third kappa shape index (κ3) is 3.52. The van der Waals surface area contributed by atoms with Gasteiger partial charge in [-0.2, -0.15) is 0 Å². The number of nitrogens with zero attached hydrogens (tertiary/aromatic N) is 2. The number of carbonyl (C=O) groups excluding carboxylic acids is 3. The van der Waals surface area contributed by atoms with Gasteiger partial charge in [-0.15, -0.1) is 0 Å². The van der Waals surface area contributed by atoms with Gasteiger partial charge in [0.1, 0.15) is 0 Å². The number of hydrogen-bond donors (Lipinski definition) is 1. The van der Waals surface area contributed by atoms with E-state index in [1.807, 2.05) is 12.1 Å². The molecule has 0 aromatic heterocycles. The number of imide groups is 1. The minimum absolute atomic E-state index is 0.0638. The molecule has 3 heterocycles. The fourth-order valence-corrected chi connectivity index (χ4v) is 4.69. The maximum Gasteiger partial charge on any atom is 0.263 e. The van der Waals surface area contributed by atoms with Gasteiger partial charge in [0, 0.05) is 25.7 Å². The maximum atomic E-state index is 13.2. The first-order valence-corrected chi connectivity index (χ1v) is 10.8. The number of ether oxygens (including phenoxy) is 1. The number of piperidine rings is 1. The van der Waals surface area contributed by atoms with E-state index in [1.165, 1.54) is 4.90 Å². The topological polar surface area (TPSA) is 79.0 Å². The molecule has 3 amide bonds. The quantitative estimate of drug-likeness (QED) is 0.769. The molecular weight excluding hydrogens is 370 g/mol. The number of amides is 3. The molecular formula is C22H27N3O4. The summed E-state index contributed by atoms with van der Waals surface area (Å²) in [5.41, 5.74) is 1.73. The molecule has 3 fully saturated rings. The van der Waals surface area contributed by atoms with Crippen molar-refractivity contribution in [3.63, 3.8) is 0 Å². The van der Waals surface area contributed by atoms with Gasteiger partial charge in [0.15, 0.2) is 0 Å². The Hall–Kier alpha value is -2.41. The van der Waals surface area contributed by atoms with Crippen molar-refractivity contribution >= 4 is 23.4 Å². The smallest absolute Gasteiger partial charge is 0.263 e. The predicted octanol–water partition coefficient (Wildman–Crippen LogP) is 1.96. The van der Waals surface area contributed by atoms with E-state index in [0.29, 0.717) is 36.9 Å². The predicted molar refractivity (Wildman–Crippen MR) is 107 cm³/mol. The lowest BCUT2D eigenvalue weighted by Gasteiger charge is -2.34. The first-order valence-electron chi connectivity index (χ1n) is 10.8. The Morgan fingerprint density at radius 3 is 2.72 bits per heavy atom. The fraction of sp³-hybridized carbons (Fsp3) is 0.591. The number of nitrogens with one attached hydrogen (secondary N) is 1. The van der Waals surface area contributed by atoms with Crippen molar-refractivity contribution in [2.24, 2.45) is 5.92 Å². The van der Waals surface area contributed by atoms with E-state index in [-0.39, 0.29) is 29.7 Å². The number of carbonyl (C=O) groups is 3. The van der Waals surface area contributed by atoms with Crippen LogP contribution in [-0.2, 0) is 9.53 Å². The summed E-state index contributed by atoms with van der Waals surface area (Å²) in [6.07, 6.45) is 5.69. The summed E-state index contributed by atoms with van der Waals surface area (Å²) in [4.78, 5) is 42.1. The zero-order valence-electron chi connectivity index (χ0n) is 16.6. The van der Waals surface area contributed by atoms with Crippen LogP contribution in [0, 0.1) is 5.92 Å². The molecule has 0 bridgehead atoms. The van der Waals surface area contributed by atoms with Gasteiger partial charge in [0.25, 0.3) is 11.8 Å². The van der Waals surface area contributed by atoms with Gasteiger partial charge in [0.2, 0.25) is 5.91 Å². The van der Waals surface area contributed by atoms with Crippen molar-refractivity contribution in [2.75, 3.05) is 31.1 Å². The first kappa shape index (κ1) is 18.6. The van der Waals surface area contributed by atoms with Crippen LogP contribution in [0.1, 0.15) is 59.2 Å². The second-order valence-corrected chi connectivity index (χ2v) is 8.62. The molecule has 0 radical (unpaired) electrons. The largest absolute Gasteiger partial charge is 0.376 e. The van der Waals surface area contributed by atoms with Crippen LogP contribution in [0.15, 0.2) is 18.2 Å². The third-order valence-corrected chi connectivity index (χ3v) is 6.44. The Bertz CT molecular complexity index is 844. The monoisotopic (exact) mass is 397 g/mol. The highest BCUT2D eigenvalue weighted by atomic mass is 16.5. The van der Waals surface area contributed by atoms with E-state index < -0.39 is 0 Å². The molecule has 1 aromatic rings. The molecule has 1 N–H and O–H groups in total. The highest BCUT2D eigenvalue weighted by molar-refractivity contribution is 6.23. The van der Waals surface area contributed by atoms with Crippen molar-refractivity contribution < 1.29 is 19.1 Å². The van der Waals surface area contributed by atoms with Crippen LogP contribution >= 0.6 is 0 Å². The molecule has 2 saturated heterocycles. The molecule has 1 saturated carbocycles. The van der Waals surface area contributed by atoms with E-state index in [2.05, 4.69) is 10.2 Å². The summed E-state index contributed by atoms with van der Waals surface area (Å²) in [6, 6.07) is 5.82. The Morgan fingerprint density at radius 1 is 1.10 bits per heavy atom. The minimum atomic E-state index is -0.236. The number of anilines is 1. The van der Waals surface area contributed by atoms with E-state index in [1.54, 1.807) is 6.07 Å². The van der Waals surface area contributed by atoms with E-state index >= 15 is 0 Å². The van der Waals surface area contributed by atoms with Crippen LogP contribution < -0.4 is 10.2 Å². The molecule has 5 rings (SSSR count). The van der Waals surface area contributed by atoms with Gasteiger partial charge in [-0.1, -0.05) is 6.07 Å². The van der Waals surface area contributed by atoms with Crippen molar-refractivity contribution in [1.82, 2.24) is 10.2 Å². The van der Waals surface area contributed by atoms with Crippen LogP contribution in [0.3, 0.4) is 0 Å². The normalized spacial score (nSPS) is 26.8. The van der Waals surface area contributed by atoms with E-state index in [4.69, 9.17) is 4.74 Å². The lowest BCUT2D eigenvalue weighted by molar-refractivity contribution is -0.125. The average Bonchev–Trinajstić information content (AvgIpc) is 3.34. The van der Waals surface area contributed by atoms with Gasteiger partial charge in [0.05, 0.1) is 35.4 Å². The van der Waals surface area contributed by atoms with Gasteiger partial charge in [-0.05, 0) is 50.7 Å². The SMILES string of the molecule is O=C(NC1CC1)C1CCCN(c2cccc3c2C(=O)N(CC2CCCO2)C3=O)C1. The minimum Gasteiger partial charge on any atom is -0.376 e. The van der Waals surface area contributed by atoms with Crippen LogP contribution in [0.2, 0.25) is 0 Å². The Kier molecular flexibility index (Phi) is 4.78. The lowest BCUT2D eigenvalue weighted by atomic mass is 9.95. The number of fused-ring (bicyclic) bond motifs is 1. The molecule has 2 unspecified atom stereocenters. The van der Waals surface area contributed by atoms with Crippen LogP contribution in [-0.4, -0.2) is 61.0 Å². The summed E-state index contributed by atoms with van der Waals surface area (Å²) >= 11 is 0. The molecule has 1 aliphatic carbocycles. The van der Waals surface area contributed by atoms with Crippen LogP contribution in [0.5, 0.6) is 0 Å². The van der Waals surface area contributed by atoms with E-state index in [0.717, 1.165) is 50.8 Å². The zero-order valence-corrected chi connectivity index (χ0v) is 16.6. The molecule has 3 aliphatic heterocycles. The second-order valence-electron chi connectivity index (χ2n) is 8.62. The Balaban J connectivity index is 1.36. The summed E-state index contributed by atoms with van der Waals surface area (Å²) in [5, 5.41) is 3.10. The molecule has 7 heteroatoms. The Morgan fingerprint density at radius 2 is 1.97 bits per heavy atom. The highest BCUT2D eigenvalue weighted by Gasteiger charge is 2.41. The van der Waals surface area contributed by atoms with Crippen molar-refractivity contribution in [3.05, 3.63) is 29.3 Å². The average molecular weight is 397 g/mol. The number of benzene rings is 1. The second kappa shape index (κ2) is 7.44. The Labute approximate surface area is 170 Å². The van der Waals surface area contributed by atoms with Crippen LogP contribution in [0.25, 0.3) is 0 Å². The zero-order chi connectivity index (χ0) is 20.0. The summed E-state index contributed by atoms with van der Waals surface area (Å²) < 4.78 is 5.63. The van der Waals surface area contributed by atoms with Gasteiger partial charge in [-0.3, -0.25) is 19.3 Å². The van der Waals surface area contributed by atoms with Gasteiger partial charge >= 0.3 is 0 Å². The summed E-state index contributed by atoms with van der Waals surface area (Å²) in [5.74, 6) is -0.425. The first-order chi connectivity index (χ1) is 14.1.